The van der Waals surface area contributed by atoms with Crippen LogP contribution in [0, 0.1) is 0 Å². The number of hydrogen-bond acceptors (Lipinski definition) is 3. The Balaban J connectivity index is 2.52. The van der Waals surface area contributed by atoms with E-state index in [1.54, 1.807) is 35.7 Å². The topological polar surface area (TPSA) is 40.1 Å². The largest absolute Gasteiger partial charge is 0.545 e. The normalized spacial score (nSPS) is 11.6. The zero-order valence-electron chi connectivity index (χ0n) is 9.02. The molecule has 18 heavy (non-hydrogen) atoms. The summed E-state index contributed by atoms with van der Waals surface area (Å²) in [5.41, 5.74) is 0.644. The maximum absolute atomic E-state index is 11.1. The molecule has 0 N–H and O–H groups in total. The molecule has 1 heterocycles. The van der Waals surface area contributed by atoms with Gasteiger partial charge in [0.25, 0.3) is 0 Å². The Hall–Kier alpha value is -1.29. The van der Waals surface area contributed by atoms with Crippen molar-refractivity contribution in [1.29, 1.82) is 0 Å². The number of benzene rings is 1. The first kappa shape index (κ1) is 13.1. The van der Waals surface area contributed by atoms with Crippen molar-refractivity contribution in [2.45, 2.75) is 0 Å². The molecule has 0 radical (unpaired) electrons. The molecule has 0 spiro atoms. The number of carboxylic acid groups (broad SMARTS) is 1. The third-order valence-electron chi connectivity index (χ3n) is 2.29. The molecule has 92 valence electrons. The van der Waals surface area contributed by atoms with E-state index in [1.165, 1.54) is 17.4 Å². The van der Waals surface area contributed by atoms with E-state index in [-0.39, 0.29) is 5.57 Å². The van der Waals surface area contributed by atoms with Gasteiger partial charge in [0.1, 0.15) is 0 Å². The summed E-state index contributed by atoms with van der Waals surface area (Å²) in [7, 11) is 0. The third-order valence-corrected chi connectivity index (χ3v) is 4.02. The van der Waals surface area contributed by atoms with Crippen molar-refractivity contribution >= 4 is 52.2 Å². The van der Waals surface area contributed by atoms with Crippen molar-refractivity contribution in [3.63, 3.8) is 0 Å². The molecule has 0 unspecified atom stereocenters. The molecule has 0 bridgehead atoms. The molecule has 0 saturated heterocycles. The first-order chi connectivity index (χ1) is 8.59. The summed E-state index contributed by atoms with van der Waals surface area (Å²) in [5.74, 6) is -1.24. The minimum absolute atomic E-state index is 0.0918. The second-order valence-electron chi connectivity index (χ2n) is 3.47. The minimum Gasteiger partial charge on any atom is -0.545 e. The third kappa shape index (κ3) is 2.75. The quantitative estimate of drug-likeness (QED) is 0.815. The van der Waals surface area contributed by atoms with Gasteiger partial charge in [-0.05, 0) is 29.2 Å². The van der Waals surface area contributed by atoms with Crippen LogP contribution < -0.4 is 5.11 Å². The lowest BCUT2D eigenvalue weighted by atomic mass is 10.1. The molecule has 1 aromatic heterocycles. The number of carbonyl (C=O) groups excluding carboxylic acids is 1. The van der Waals surface area contributed by atoms with Gasteiger partial charge < -0.3 is 9.90 Å². The molecule has 0 fully saturated rings. The number of rotatable bonds is 3. The Morgan fingerprint density at radius 1 is 1.22 bits per heavy atom. The Labute approximate surface area is 118 Å². The molecule has 2 nitrogen and oxygen atoms in total. The molecule has 2 aromatic rings. The second kappa shape index (κ2) is 5.57. The van der Waals surface area contributed by atoms with Gasteiger partial charge in [-0.3, -0.25) is 0 Å². The average Bonchev–Trinajstić information content (AvgIpc) is 2.84. The first-order valence-electron chi connectivity index (χ1n) is 5.00. The highest BCUT2D eigenvalue weighted by Crippen LogP contribution is 2.29. The van der Waals surface area contributed by atoms with Gasteiger partial charge in [-0.25, -0.2) is 0 Å². The molecule has 1 aromatic carbocycles. The molecule has 5 heteroatoms. The van der Waals surface area contributed by atoms with Gasteiger partial charge in [-0.15, -0.1) is 11.3 Å². The molecule has 0 saturated carbocycles. The predicted octanol–water partition coefficient (Wildman–Crippen LogP) is 3.35. The van der Waals surface area contributed by atoms with Gasteiger partial charge >= 0.3 is 0 Å². The molecule has 0 atom stereocenters. The fourth-order valence-electron chi connectivity index (χ4n) is 1.45. The molecule has 0 aliphatic rings. The van der Waals surface area contributed by atoms with E-state index in [0.29, 0.717) is 20.5 Å². The summed E-state index contributed by atoms with van der Waals surface area (Å²) >= 11 is 13.2. The maximum Gasteiger partial charge on any atom is 0.0729 e. The molecular formula is C13H7Cl2O2S-. The van der Waals surface area contributed by atoms with Crippen LogP contribution in [0.1, 0.15) is 10.4 Å². The number of aliphatic carboxylic acids is 1. The van der Waals surface area contributed by atoms with Crippen LogP contribution in [0.5, 0.6) is 0 Å². The first-order valence-corrected chi connectivity index (χ1v) is 6.64. The molecule has 0 aliphatic heterocycles. The molecular weight excluding hydrogens is 291 g/mol. The van der Waals surface area contributed by atoms with Crippen LogP contribution in [0.15, 0.2) is 35.7 Å². The fourth-order valence-corrected chi connectivity index (χ4v) is 2.54. The summed E-state index contributed by atoms with van der Waals surface area (Å²) in [6, 6.07) is 8.54. The molecule has 0 amide bonds. The number of carboxylic acids is 1. The van der Waals surface area contributed by atoms with Crippen LogP contribution in [0.3, 0.4) is 0 Å². The van der Waals surface area contributed by atoms with Gasteiger partial charge in [0.05, 0.1) is 16.0 Å². The van der Waals surface area contributed by atoms with Crippen LogP contribution in [-0.4, -0.2) is 5.97 Å². The smallest absolute Gasteiger partial charge is 0.0729 e. The number of hydrogen-bond donors (Lipinski definition) is 0. The lowest BCUT2D eigenvalue weighted by Gasteiger charge is -2.08. The van der Waals surface area contributed by atoms with Crippen LogP contribution >= 0.6 is 34.5 Å². The maximum atomic E-state index is 11.1. The van der Waals surface area contributed by atoms with Crippen molar-refractivity contribution in [2.24, 2.45) is 0 Å². The van der Waals surface area contributed by atoms with E-state index in [4.69, 9.17) is 23.2 Å². The van der Waals surface area contributed by atoms with E-state index >= 15 is 0 Å². The number of halogens is 2. The van der Waals surface area contributed by atoms with Gasteiger partial charge in [0.15, 0.2) is 0 Å². The van der Waals surface area contributed by atoms with E-state index < -0.39 is 5.97 Å². The summed E-state index contributed by atoms with van der Waals surface area (Å²) in [6.07, 6.45) is 1.47. The van der Waals surface area contributed by atoms with Crippen molar-refractivity contribution < 1.29 is 9.90 Å². The van der Waals surface area contributed by atoms with E-state index in [2.05, 4.69) is 0 Å². The Bertz CT molecular complexity index is 603. The van der Waals surface area contributed by atoms with Crippen LogP contribution in [0.25, 0.3) is 11.6 Å². The monoisotopic (exact) mass is 297 g/mol. The molecule has 0 aliphatic carbocycles. The highest BCUT2D eigenvalue weighted by atomic mass is 35.5. The van der Waals surface area contributed by atoms with E-state index in [0.717, 1.165) is 0 Å². The van der Waals surface area contributed by atoms with E-state index in [1.807, 2.05) is 0 Å². The van der Waals surface area contributed by atoms with Crippen molar-refractivity contribution in [3.8, 4) is 0 Å². The standard InChI is InChI=1S/C13H8Cl2O2S/c14-10-4-1-3-8(12(10)15)7-9(13(16)17)11-5-2-6-18-11/h1-7H,(H,16,17)/p-1/b9-7+. The summed E-state index contributed by atoms with van der Waals surface area (Å²) in [6.45, 7) is 0. The van der Waals surface area contributed by atoms with Crippen molar-refractivity contribution in [3.05, 3.63) is 56.2 Å². The van der Waals surface area contributed by atoms with Crippen LogP contribution in [-0.2, 0) is 4.79 Å². The second-order valence-corrected chi connectivity index (χ2v) is 5.20. The number of carbonyl (C=O) groups is 1. The highest BCUT2D eigenvalue weighted by molar-refractivity contribution is 7.11. The molecule has 2 rings (SSSR count). The highest BCUT2D eigenvalue weighted by Gasteiger charge is 2.07. The lowest BCUT2D eigenvalue weighted by molar-refractivity contribution is -0.295. The zero-order valence-corrected chi connectivity index (χ0v) is 11.4. The zero-order chi connectivity index (χ0) is 13.1. The van der Waals surface area contributed by atoms with Crippen LogP contribution in [0.2, 0.25) is 10.0 Å². The minimum atomic E-state index is -1.24. The average molecular weight is 298 g/mol. The predicted molar refractivity (Wildman–Crippen MR) is 73.7 cm³/mol. The Morgan fingerprint density at radius 2 is 2.00 bits per heavy atom. The summed E-state index contributed by atoms with van der Waals surface area (Å²) in [5, 5.41) is 13.7. The summed E-state index contributed by atoms with van der Waals surface area (Å²) < 4.78 is 0. The lowest BCUT2D eigenvalue weighted by Crippen LogP contribution is -2.23. The van der Waals surface area contributed by atoms with Crippen molar-refractivity contribution in [1.82, 2.24) is 0 Å². The number of thiophene rings is 1. The van der Waals surface area contributed by atoms with Gasteiger partial charge in [0.2, 0.25) is 0 Å². The Kier molecular flexibility index (Phi) is 4.07. The van der Waals surface area contributed by atoms with Gasteiger partial charge in [0, 0.05) is 10.5 Å². The fraction of sp³-hybridized carbons (Fsp3) is 0. The SMILES string of the molecule is O=C([O-])/C(=C/c1cccc(Cl)c1Cl)c1cccs1. The van der Waals surface area contributed by atoms with Gasteiger partial charge in [-0.1, -0.05) is 41.4 Å². The van der Waals surface area contributed by atoms with Crippen molar-refractivity contribution in [2.75, 3.05) is 0 Å². The van der Waals surface area contributed by atoms with E-state index in [9.17, 15) is 9.90 Å². The summed E-state index contributed by atoms with van der Waals surface area (Å²) in [4.78, 5) is 11.8. The van der Waals surface area contributed by atoms with Gasteiger partial charge in [-0.2, -0.15) is 0 Å². The Morgan fingerprint density at radius 3 is 2.61 bits per heavy atom. The van der Waals surface area contributed by atoms with Crippen LogP contribution in [0.4, 0.5) is 0 Å².